The maximum atomic E-state index is 12.4. The van der Waals surface area contributed by atoms with E-state index in [-0.39, 0.29) is 24.6 Å². The maximum absolute atomic E-state index is 12.4. The summed E-state index contributed by atoms with van der Waals surface area (Å²) in [5.41, 5.74) is 0. The fourth-order valence-corrected chi connectivity index (χ4v) is 3.69. The summed E-state index contributed by atoms with van der Waals surface area (Å²) in [6.45, 7) is -0.629. The van der Waals surface area contributed by atoms with Gasteiger partial charge in [0.05, 0.1) is 25.7 Å². The van der Waals surface area contributed by atoms with E-state index in [1.807, 2.05) is 0 Å². The molecule has 0 aliphatic heterocycles. The lowest BCUT2D eigenvalue weighted by atomic mass is 10.3. The molecule has 2 rings (SSSR count). The maximum Gasteiger partial charge on any atom is 0.243 e. The quantitative estimate of drug-likeness (QED) is 0.535. The summed E-state index contributed by atoms with van der Waals surface area (Å²) in [6, 6.07) is 12.9. The average molecular weight is 439 g/mol. The number of carbonyl (C=O) groups excluding carboxylic acids is 1. The second-order valence-electron chi connectivity index (χ2n) is 6.33. The van der Waals surface area contributed by atoms with Crippen molar-refractivity contribution in [2.24, 2.45) is 0 Å². The van der Waals surface area contributed by atoms with Crippen LogP contribution in [0.4, 0.5) is 0 Å². The summed E-state index contributed by atoms with van der Waals surface area (Å²) >= 11 is 0. The van der Waals surface area contributed by atoms with Crippen LogP contribution in [-0.4, -0.2) is 70.8 Å². The molecule has 0 bridgehead atoms. The summed E-state index contributed by atoms with van der Waals surface area (Å²) in [6.07, 6.45) is -1.03. The molecule has 1 unspecified atom stereocenters. The van der Waals surface area contributed by atoms with Crippen LogP contribution in [0.5, 0.6) is 17.2 Å². The third kappa shape index (κ3) is 6.09. The first-order valence-electron chi connectivity index (χ1n) is 9.09. The van der Waals surface area contributed by atoms with Gasteiger partial charge in [-0.05, 0) is 24.3 Å². The summed E-state index contributed by atoms with van der Waals surface area (Å²) in [7, 11) is 0.507. The Hall–Kier alpha value is -2.82. The van der Waals surface area contributed by atoms with Gasteiger partial charge < -0.3 is 24.6 Å². The summed E-state index contributed by atoms with van der Waals surface area (Å²) in [5, 5.41) is 12.6. The lowest BCUT2D eigenvalue weighted by molar-refractivity contribution is -0.121. The monoisotopic (exact) mass is 438 g/mol. The molecular formula is C20H26N2O7S. The molecule has 2 aromatic carbocycles. The standard InChI is InChI=1S/C20H26N2O7S/c1-22(30(25,26)16-8-5-4-6-9-16)13-19(24)21-12-15(23)14-29-20-17(27-2)10-7-11-18(20)28-3/h4-11,15,23H,12-14H2,1-3H3,(H,21,24). The van der Waals surface area contributed by atoms with Gasteiger partial charge in [0.2, 0.25) is 21.7 Å². The molecule has 0 spiro atoms. The van der Waals surface area contributed by atoms with Crippen LogP contribution in [0.25, 0.3) is 0 Å². The molecule has 0 radical (unpaired) electrons. The van der Waals surface area contributed by atoms with Crippen LogP contribution in [0, 0.1) is 0 Å². The van der Waals surface area contributed by atoms with E-state index in [4.69, 9.17) is 14.2 Å². The van der Waals surface area contributed by atoms with E-state index in [1.165, 1.54) is 33.4 Å². The number of hydrogen-bond donors (Lipinski definition) is 2. The number of hydrogen-bond acceptors (Lipinski definition) is 7. The number of aliphatic hydroxyl groups excluding tert-OH is 1. The first-order chi connectivity index (χ1) is 14.3. The highest BCUT2D eigenvalue weighted by atomic mass is 32.2. The number of sulfonamides is 1. The molecule has 0 saturated carbocycles. The minimum Gasteiger partial charge on any atom is -0.493 e. The van der Waals surface area contributed by atoms with Crippen LogP contribution in [0.3, 0.4) is 0 Å². The minimum atomic E-state index is -3.78. The number of rotatable bonds is 11. The van der Waals surface area contributed by atoms with Gasteiger partial charge in [0, 0.05) is 13.6 Å². The molecule has 30 heavy (non-hydrogen) atoms. The van der Waals surface area contributed by atoms with Crippen LogP contribution < -0.4 is 19.5 Å². The predicted octanol–water partition coefficient (Wildman–Crippen LogP) is 0.880. The zero-order valence-electron chi connectivity index (χ0n) is 17.1. The number of carbonyl (C=O) groups is 1. The molecule has 0 aliphatic carbocycles. The number of nitrogens with one attached hydrogen (secondary N) is 1. The van der Waals surface area contributed by atoms with Crippen LogP contribution in [0.15, 0.2) is 53.4 Å². The highest BCUT2D eigenvalue weighted by Crippen LogP contribution is 2.36. The number of aliphatic hydroxyl groups is 1. The van der Waals surface area contributed by atoms with Gasteiger partial charge in [0.25, 0.3) is 0 Å². The van der Waals surface area contributed by atoms with Gasteiger partial charge in [-0.1, -0.05) is 24.3 Å². The molecular weight excluding hydrogens is 412 g/mol. The molecule has 164 valence electrons. The highest BCUT2D eigenvalue weighted by molar-refractivity contribution is 7.89. The van der Waals surface area contributed by atoms with Crippen molar-refractivity contribution in [2.45, 2.75) is 11.0 Å². The molecule has 0 heterocycles. The Morgan fingerprint density at radius 3 is 2.23 bits per heavy atom. The molecule has 2 aromatic rings. The summed E-state index contributed by atoms with van der Waals surface area (Å²) < 4.78 is 41.8. The van der Waals surface area contributed by atoms with E-state index in [9.17, 15) is 18.3 Å². The Morgan fingerprint density at radius 1 is 1.07 bits per heavy atom. The van der Waals surface area contributed by atoms with Crippen molar-refractivity contribution < 1.29 is 32.5 Å². The van der Waals surface area contributed by atoms with Crippen molar-refractivity contribution in [3.8, 4) is 17.2 Å². The number of amides is 1. The van der Waals surface area contributed by atoms with Crippen LogP contribution >= 0.6 is 0 Å². The molecule has 0 aromatic heterocycles. The number of methoxy groups -OCH3 is 2. The second-order valence-corrected chi connectivity index (χ2v) is 8.38. The predicted molar refractivity (Wildman–Crippen MR) is 110 cm³/mol. The molecule has 2 N–H and O–H groups in total. The molecule has 0 aliphatic rings. The zero-order chi connectivity index (χ0) is 22.1. The molecule has 1 amide bonds. The van der Waals surface area contributed by atoms with Crippen molar-refractivity contribution in [1.82, 2.24) is 9.62 Å². The number of nitrogens with zero attached hydrogens (tertiary/aromatic N) is 1. The molecule has 0 fully saturated rings. The smallest absolute Gasteiger partial charge is 0.243 e. The third-order valence-electron chi connectivity index (χ3n) is 4.16. The number of para-hydroxylation sites is 1. The Labute approximate surface area is 176 Å². The third-order valence-corrected chi connectivity index (χ3v) is 5.97. The van der Waals surface area contributed by atoms with Crippen molar-refractivity contribution in [1.29, 1.82) is 0 Å². The van der Waals surface area contributed by atoms with Crippen molar-refractivity contribution in [3.05, 3.63) is 48.5 Å². The number of benzene rings is 2. The Bertz CT molecular complexity index is 913. The van der Waals surface area contributed by atoms with Gasteiger partial charge >= 0.3 is 0 Å². The van der Waals surface area contributed by atoms with Gasteiger partial charge in [-0.3, -0.25) is 4.79 Å². The molecule has 10 heteroatoms. The molecule has 0 saturated heterocycles. The SMILES string of the molecule is COc1cccc(OC)c1OCC(O)CNC(=O)CN(C)S(=O)(=O)c1ccccc1. The Kier molecular flexibility index (Phi) is 8.46. The van der Waals surface area contributed by atoms with E-state index in [0.29, 0.717) is 17.2 Å². The largest absolute Gasteiger partial charge is 0.493 e. The highest BCUT2D eigenvalue weighted by Gasteiger charge is 2.23. The molecule has 9 nitrogen and oxygen atoms in total. The van der Waals surface area contributed by atoms with E-state index in [1.54, 1.807) is 36.4 Å². The fourth-order valence-electron chi connectivity index (χ4n) is 2.55. The summed E-state index contributed by atoms with van der Waals surface area (Å²) in [4.78, 5) is 12.2. The lowest BCUT2D eigenvalue weighted by Crippen LogP contribution is -2.42. The van der Waals surface area contributed by atoms with Crippen molar-refractivity contribution in [3.63, 3.8) is 0 Å². The summed E-state index contributed by atoms with van der Waals surface area (Å²) in [5.74, 6) is 0.671. The lowest BCUT2D eigenvalue weighted by Gasteiger charge is -2.19. The van der Waals surface area contributed by atoms with Gasteiger partial charge in [-0.25, -0.2) is 8.42 Å². The first kappa shape index (κ1) is 23.5. The normalized spacial score (nSPS) is 12.3. The van der Waals surface area contributed by atoms with Crippen LogP contribution in [0.2, 0.25) is 0 Å². The zero-order valence-corrected chi connectivity index (χ0v) is 17.9. The second kappa shape index (κ2) is 10.8. The Balaban J connectivity index is 1.85. The van der Waals surface area contributed by atoms with E-state index in [0.717, 1.165) is 4.31 Å². The van der Waals surface area contributed by atoms with E-state index in [2.05, 4.69) is 5.32 Å². The fraction of sp³-hybridized carbons (Fsp3) is 0.350. The molecule has 1 atom stereocenters. The number of likely N-dealkylation sites (N-methyl/N-ethyl adjacent to an activating group) is 1. The van der Waals surface area contributed by atoms with Gasteiger partial charge in [-0.2, -0.15) is 4.31 Å². The Morgan fingerprint density at radius 2 is 1.67 bits per heavy atom. The van der Waals surface area contributed by atoms with Crippen molar-refractivity contribution >= 4 is 15.9 Å². The minimum absolute atomic E-state index is 0.0968. The van der Waals surface area contributed by atoms with Crippen LogP contribution in [0.1, 0.15) is 0 Å². The topological polar surface area (TPSA) is 114 Å². The van der Waals surface area contributed by atoms with Gasteiger partial charge in [0.15, 0.2) is 11.5 Å². The van der Waals surface area contributed by atoms with Gasteiger partial charge in [-0.15, -0.1) is 0 Å². The number of ether oxygens (including phenoxy) is 3. The van der Waals surface area contributed by atoms with Crippen LogP contribution in [-0.2, 0) is 14.8 Å². The average Bonchev–Trinajstić information content (AvgIpc) is 2.76. The van der Waals surface area contributed by atoms with E-state index < -0.39 is 22.0 Å². The van der Waals surface area contributed by atoms with Gasteiger partial charge in [0.1, 0.15) is 12.7 Å². The van der Waals surface area contributed by atoms with Crippen molar-refractivity contribution in [2.75, 3.05) is 41.0 Å². The first-order valence-corrected chi connectivity index (χ1v) is 10.5. The van der Waals surface area contributed by atoms with E-state index >= 15 is 0 Å².